The molecule has 1 aromatic rings. The van der Waals surface area contributed by atoms with Gasteiger partial charge < -0.3 is 4.57 Å². The summed E-state index contributed by atoms with van der Waals surface area (Å²) in [4.78, 5) is 0. The fourth-order valence-electron chi connectivity index (χ4n) is 3.22. The summed E-state index contributed by atoms with van der Waals surface area (Å²) in [6.07, 6.45) is 16.9. The maximum Gasteiger partial charge on any atom is 0.0496 e. The first-order valence-electron chi connectivity index (χ1n) is 8.55. The van der Waals surface area contributed by atoms with Crippen LogP contribution in [0.4, 0.5) is 0 Å². The van der Waals surface area contributed by atoms with E-state index in [2.05, 4.69) is 69.9 Å². The summed E-state index contributed by atoms with van der Waals surface area (Å²) in [6, 6.07) is 0. The largest absolute Gasteiger partial charge is 0.334 e. The number of allylic oxidation sites excluding steroid dienone is 4. The Hall–Kier alpha value is -2.28. The zero-order valence-corrected chi connectivity index (χ0v) is 15.7. The minimum Gasteiger partial charge on any atom is -0.334 e. The Kier molecular flexibility index (Phi) is 7.03. The molecule has 0 aliphatic heterocycles. The maximum absolute atomic E-state index is 4.08. The van der Waals surface area contributed by atoms with Crippen LogP contribution in [0.25, 0.3) is 24.3 Å². The quantitative estimate of drug-likeness (QED) is 0.342. The molecule has 0 saturated heterocycles. The molecule has 0 aliphatic rings. The van der Waals surface area contributed by atoms with Gasteiger partial charge in [-0.2, -0.15) is 0 Å². The highest BCUT2D eigenvalue weighted by atomic mass is 15.1. The molecule has 0 spiro atoms. The highest BCUT2D eigenvalue weighted by molar-refractivity contribution is 5.79. The predicted molar refractivity (Wildman–Crippen MR) is 112 cm³/mol. The van der Waals surface area contributed by atoms with Gasteiger partial charge in [-0.15, -0.1) is 6.58 Å². The Morgan fingerprint density at radius 2 is 1.71 bits per heavy atom. The van der Waals surface area contributed by atoms with Crippen molar-refractivity contribution in [2.45, 2.75) is 39.7 Å². The molecular formula is C23H31N. The molecule has 128 valence electrons. The van der Waals surface area contributed by atoms with Gasteiger partial charge in [0.05, 0.1) is 0 Å². The summed E-state index contributed by atoms with van der Waals surface area (Å²) in [5.74, 6) is 0.306. The van der Waals surface area contributed by atoms with Gasteiger partial charge >= 0.3 is 0 Å². The van der Waals surface area contributed by atoms with Crippen LogP contribution in [0.3, 0.4) is 0 Å². The van der Waals surface area contributed by atoms with Crippen molar-refractivity contribution in [3.8, 4) is 0 Å². The van der Waals surface area contributed by atoms with Gasteiger partial charge in [-0.1, -0.05) is 70.0 Å². The Morgan fingerprint density at radius 3 is 2.12 bits per heavy atom. The molecule has 1 aromatic heterocycles. The molecule has 2 unspecified atom stereocenters. The second-order valence-electron chi connectivity index (χ2n) is 6.17. The van der Waals surface area contributed by atoms with Crippen LogP contribution >= 0.6 is 0 Å². The number of hydrogen-bond acceptors (Lipinski definition) is 0. The van der Waals surface area contributed by atoms with Crippen molar-refractivity contribution in [1.29, 1.82) is 0 Å². The summed E-state index contributed by atoms with van der Waals surface area (Å²) < 4.78 is 2.39. The molecule has 0 aliphatic carbocycles. The summed E-state index contributed by atoms with van der Waals surface area (Å²) in [6.45, 7) is 24.7. The van der Waals surface area contributed by atoms with E-state index in [1.165, 1.54) is 0 Å². The van der Waals surface area contributed by atoms with Crippen molar-refractivity contribution in [3.63, 3.8) is 0 Å². The SMILES string of the molecule is C=C/C=C\c1c(C=C)c(/C=C\C)c(C=C)n1C(C)(CC)C(C)C=C. The minimum atomic E-state index is -0.107. The van der Waals surface area contributed by atoms with E-state index in [1.807, 2.05) is 31.2 Å². The van der Waals surface area contributed by atoms with Crippen LogP contribution in [-0.2, 0) is 5.54 Å². The van der Waals surface area contributed by atoms with E-state index in [0.717, 1.165) is 28.9 Å². The second kappa shape index (κ2) is 8.54. The van der Waals surface area contributed by atoms with Gasteiger partial charge in [-0.05, 0) is 38.3 Å². The molecule has 0 amide bonds. The predicted octanol–water partition coefficient (Wildman–Crippen LogP) is 6.95. The van der Waals surface area contributed by atoms with Crippen molar-refractivity contribution in [1.82, 2.24) is 4.57 Å². The van der Waals surface area contributed by atoms with Crippen LogP contribution in [0.5, 0.6) is 0 Å². The number of hydrogen-bond donors (Lipinski definition) is 0. The van der Waals surface area contributed by atoms with Crippen LogP contribution in [0.2, 0.25) is 0 Å². The van der Waals surface area contributed by atoms with Gasteiger partial charge in [0, 0.05) is 28.1 Å². The molecule has 0 fully saturated rings. The summed E-state index contributed by atoms with van der Waals surface area (Å²) in [5.41, 5.74) is 4.42. The molecule has 1 heterocycles. The second-order valence-corrected chi connectivity index (χ2v) is 6.17. The molecule has 0 radical (unpaired) electrons. The molecule has 1 nitrogen and oxygen atoms in total. The van der Waals surface area contributed by atoms with E-state index in [1.54, 1.807) is 6.08 Å². The third kappa shape index (κ3) is 3.31. The van der Waals surface area contributed by atoms with Gasteiger partial charge in [0.2, 0.25) is 0 Å². The van der Waals surface area contributed by atoms with Gasteiger partial charge in [0.1, 0.15) is 0 Å². The Balaban J connectivity index is 4.01. The Morgan fingerprint density at radius 1 is 1.04 bits per heavy atom. The summed E-state index contributed by atoms with van der Waals surface area (Å²) in [5, 5.41) is 0. The zero-order chi connectivity index (χ0) is 18.3. The van der Waals surface area contributed by atoms with Crippen molar-refractivity contribution in [2.24, 2.45) is 5.92 Å². The highest BCUT2D eigenvalue weighted by Crippen LogP contribution is 2.39. The fraction of sp³-hybridized carbons (Fsp3) is 0.304. The van der Waals surface area contributed by atoms with Gasteiger partial charge in [0.15, 0.2) is 0 Å². The third-order valence-electron chi connectivity index (χ3n) is 5.01. The molecule has 1 rings (SSSR count). The Bertz CT molecular complexity index is 681. The van der Waals surface area contributed by atoms with E-state index in [9.17, 15) is 0 Å². The van der Waals surface area contributed by atoms with Crippen LogP contribution in [0, 0.1) is 5.92 Å². The average Bonchev–Trinajstić information content (AvgIpc) is 2.91. The van der Waals surface area contributed by atoms with E-state index >= 15 is 0 Å². The van der Waals surface area contributed by atoms with E-state index in [-0.39, 0.29) is 5.54 Å². The molecule has 1 heteroatoms. The molecule has 24 heavy (non-hydrogen) atoms. The molecular weight excluding hydrogens is 290 g/mol. The summed E-state index contributed by atoms with van der Waals surface area (Å²) in [7, 11) is 0. The van der Waals surface area contributed by atoms with Crippen LogP contribution < -0.4 is 0 Å². The molecule has 0 aromatic carbocycles. The van der Waals surface area contributed by atoms with E-state index in [0.29, 0.717) is 5.92 Å². The Labute approximate surface area is 148 Å². The van der Waals surface area contributed by atoms with Crippen molar-refractivity contribution in [3.05, 3.63) is 73.1 Å². The van der Waals surface area contributed by atoms with Crippen molar-refractivity contribution >= 4 is 24.3 Å². The van der Waals surface area contributed by atoms with E-state index in [4.69, 9.17) is 0 Å². The van der Waals surface area contributed by atoms with Gasteiger partial charge in [-0.3, -0.25) is 0 Å². The van der Waals surface area contributed by atoms with E-state index < -0.39 is 0 Å². The first-order chi connectivity index (χ1) is 11.5. The lowest BCUT2D eigenvalue weighted by Gasteiger charge is -2.38. The van der Waals surface area contributed by atoms with Gasteiger partial charge in [-0.25, -0.2) is 0 Å². The first kappa shape index (κ1) is 19.8. The maximum atomic E-state index is 4.08. The minimum absolute atomic E-state index is 0.107. The standard InChI is InChI=1S/C23H31N/c1-9-15-17-22-19(12-4)20(16-10-2)21(13-5)24(22)23(8,14-6)18(7)11-3/h9-13,15-18H,1,3-5,14H2,2,6-8H3/b16-10-,17-15-. The normalized spacial score (nSPS) is 15.3. The van der Waals surface area contributed by atoms with Crippen molar-refractivity contribution < 1.29 is 0 Å². The number of nitrogens with zero attached hydrogens (tertiary/aromatic N) is 1. The third-order valence-corrected chi connectivity index (χ3v) is 5.01. The smallest absolute Gasteiger partial charge is 0.0496 e. The van der Waals surface area contributed by atoms with Crippen LogP contribution in [0.1, 0.15) is 56.6 Å². The summed E-state index contributed by atoms with van der Waals surface area (Å²) >= 11 is 0. The molecule has 0 N–H and O–H groups in total. The highest BCUT2D eigenvalue weighted by Gasteiger charge is 2.34. The lowest BCUT2D eigenvalue weighted by molar-refractivity contribution is 0.232. The van der Waals surface area contributed by atoms with Crippen LogP contribution in [-0.4, -0.2) is 4.57 Å². The molecule has 2 atom stereocenters. The average molecular weight is 322 g/mol. The fourth-order valence-corrected chi connectivity index (χ4v) is 3.22. The topological polar surface area (TPSA) is 4.93 Å². The van der Waals surface area contributed by atoms with Crippen molar-refractivity contribution in [2.75, 3.05) is 0 Å². The molecule has 0 bridgehead atoms. The zero-order valence-electron chi connectivity index (χ0n) is 15.7. The monoisotopic (exact) mass is 321 g/mol. The lowest BCUT2D eigenvalue weighted by atomic mass is 9.83. The number of rotatable bonds is 9. The molecule has 0 saturated carbocycles. The van der Waals surface area contributed by atoms with Gasteiger partial charge in [0.25, 0.3) is 0 Å². The first-order valence-corrected chi connectivity index (χ1v) is 8.55. The number of aromatic nitrogens is 1. The lowest BCUT2D eigenvalue weighted by Crippen LogP contribution is -2.37. The van der Waals surface area contributed by atoms with Crippen LogP contribution in [0.15, 0.2) is 50.6 Å².